The summed E-state index contributed by atoms with van der Waals surface area (Å²) in [6.07, 6.45) is -4.43. The van der Waals surface area contributed by atoms with E-state index in [1.807, 2.05) is 0 Å². The minimum absolute atomic E-state index is 0.0591. The molecule has 0 N–H and O–H groups in total. The van der Waals surface area contributed by atoms with E-state index in [9.17, 15) is 18.0 Å². The van der Waals surface area contributed by atoms with E-state index in [1.54, 1.807) is 6.92 Å². The number of carbonyl (C=O) groups excluding carboxylic acids is 1. The maximum absolute atomic E-state index is 12.6. The van der Waals surface area contributed by atoms with Crippen LogP contribution in [0, 0.1) is 6.92 Å². The number of benzene rings is 1. The van der Waals surface area contributed by atoms with Gasteiger partial charge in [0.2, 0.25) is 5.76 Å². The molecule has 0 atom stereocenters. The van der Waals surface area contributed by atoms with E-state index in [2.05, 4.69) is 0 Å². The first kappa shape index (κ1) is 13.5. The normalized spacial score (nSPS) is 11.8. The smallest absolute Gasteiger partial charge is 0.416 e. The van der Waals surface area contributed by atoms with Crippen LogP contribution in [0.3, 0.4) is 0 Å². The van der Waals surface area contributed by atoms with E-state index in [0.29, 0.717) is 5.56 Å². The second kappa shape index (κ2) is 4.60. The molecule has 0 aliphatic rings. The summed E-state index contributed by atoms with van der Waals surface area (Å²) in [5.74, 6) is -0.735. The summed E-state index contributed by atoms with van der Waals surface area (Å²) in [4.78, 5) is 11.6. The first-order valence-electron chi connectivity index (χ1n) is 5.62. The minimum atomic E-state index is -4.43. The first-order chi connectivity index (χ1) is 8.84. The molecule has 1 heterocycles. The zero-order valence-corrected chi connectivity index (χ0v) is 10.3. The SMILES string of the molecule is CCOC(=O)c1oc2ccc(C(F)(F)F)cc2c1C. The van der Waals surface area contributed by atoms with Gasteiger partial charge in [-0.1, -0.05) is 0 Å². The summed E-state index contributed by atoms with van der Waals surface area (Å²) in [6, 6.07) is 3.09. The average Bonchev–Trinajstić information content (AvgIpc) is 2.66. The average molecular weight is 272 g/mol. The molecule has 0 aliphatic heterocycles. The molecule has 0 spiro atoms. The highest BCUT2D eigenvalue weighted by Crippen LogP contribution is 2.34. The van der Waals surface area contributed by atoms with Crippen molar-refractivity contribution in [2.75, 3.05) is 6.61 Å². The summed E-state index contributed by atoms with van der Waals surface area (Å²) in [5.41, 5.74) is -0.201. The lowest BCUT2D eigenvalue weighted by Gasteiger charge is -2.05. The highest BCUT2D eigenvalue weighted by atomic mass is 19.4. The molecule has 1 aromatic carbocycles. The van der Waals surface area contributed by atoms with Gasteiger partial charge in [0, 0.05) is 10.9 Å². The number of rotatable bonds is 2. The van der Waals surface area contributed by atoms with Crippen molar-refractivity contribution in [3.8, 4) is 0 Å². The highest BCUT2D eigenvalue weighted by Gasteiger charge is 2.31. The van der Waals surface area contributed by atoms with Gasteiger partial charge < -0.3 is 9.15 Å². The van der Waals surface area contributed by atoms with Crippen molar-refractivity contribution in [1.82, 2.24) is 0 Å². The third-order valence-corrected chi connectivity index (χ3v) is 2.72. The number of esters is 1. The Labute approximate surface area is 107 Å². The Balaban J connectivity index is 2.55. The lowest BCUT2D eigenvalue weighted by molar-refractivity contribution is -0.137. The number of aryl methyl sites for hydroxylation is 1. The second-order valence-electron chi connectivity index (χ2n) is 3.99. The molecule has 0 saturated heterocycles. The summed E-state index contributed by atoms with van der Waals surface area (Å²) < 4.78 is 47.9. The Hall–Kier alpha value is -1.98. The minimum Gasteiger partial charge on any atom is -0.460 e. The zero-order valence-electron chi connectivity index (χ0n) is 10.3. The molecular weight excluding hydrogens is 261 g/mol. The van der Waals surface area contributed by atoms with Crippen LogP contribution in [0.1, 0.15) is 28.6 Å². The fraction of sp³-hybridized carbons (Fsp3) is 0.308. The molecule has 0 unspecified atom stereocenters. The predicted molar refractivity (Wildman–Crippen MR) is 61.9 cm³/mol. The quantitative estimate of drug-likeness (QED) is 0.777. The van der Waals surface area contributed by atoms with Gasteiger partial charge in [-0.05, 0) is 32.0 Å². The fourth-order valence-electron chi connectivity index (χ4n) is 1.79. The van der Waals surface area contributed by atoms with Crippen LogP contribution in [0.5, 0.6) is 0 Å². The monoisotopic (exact) mass is 272 g/mol. The van der Waals surface area contributed by atoms with Gasteiger partial charge in [-0.15, -0.1) is 0 Å². The van der Waals surface area contributed by atoms with E-state index in [1.165, 1.54) is 13.0 Å². The number of halogens is 3. The third kappa shape index (κ3) is 2.43. The van der Waals surface area contributed by atoms with Gasteiger partial charge >= 0.3 is 12.1 Å². The van der Waals surface area contributed by atoms with Crippen molar-refractivity contribution in [2.45, 2.75) is 20.0 Å². The number of alkyl halides is 3. The predicted octanol–water partition coefficient (Wildman–Crippen LogP) is 3.94. The van der Waals surface area contributed by atoms with E-state index < -0.39 is 17.7 Å². The van der Waals surface area contributed by atoms with Gasteiger partial charge in [0.05, 0.1) is 12.2 Å². The number of fused-ring (bicyclic) bond motifs is 1. The topological polar surface area (TPSA) is 39.4 Å². The van der Waals surface area contributed by atoms with Crippen molar-refractivity contribution in [2.24, 2.45) is 0 Å². The number of hydrogen-bond acceptors (Lipinski definition) is 3. The molecule has 2 aromatic rings. The summed E-state index contributed by atoms with van der Waals surface area (Å²) >= 11 is 0. The van der Waals surface area contributed by atoms with Crippen molar-refractivity contribution >= 4 is 16.9 Å². The Morgan fingerprint density at radius 2 is 2.05 bits per heavy atom. The van der Waals surface area contributed by atoms with Crippen molar-refractivity contribution in [3.63, 3.8) is 0 Å². The summed E-state index contributed by atoms with van der Waals surface area (Å²) in [7, 11) is 0. The lowest BCUT2D eigenvalue weighted by Crippen LogP contribution is -2.05. The molecule has 19 heavy (non-hydrogen) atoms. The standard InChI is InChI=1S/C13H11F3O3/c1-3-18-12(17)11-7(2)9-6-8(13(14,15)16)4-5-10(9)19-11/h4-6H,3H2,1-2H3. The molecule has 0 radical (unpaired) electrons. The Bertz CT molecular complexity index is 626. The zero-order chi connectivity index (χ0) is 14.2. The van der Waals surface area contributed by atoms with E-state index >= 15 is 0 Å². The molecule has 2 rings (SSSR count). The molecule has 0 saturated carbocycles. The maximum Gasteiger partial charge on any atom is 0.416 e. The van der Waals surface area contributed by atoms with E-state index in [-0.39, 0.29) is 23.3 Å². The molecular formula is C13H11F3O3. The van der Waals surface area contributed by atoms with Crippen LogP contribution < -0.4 is 0 Å². The molecule has 0 aliphatic carbocycles. The van der Waals surface area contributed by atoms with Crippen LogP contribution in [0.2, 0.25) is 0 Å². The molecule has 0 fully saturated rings. The number of carbonyl (C=O) groups is 1. The number of hydrogen-bond donors (Lipinski definition) is 0. The van der Waals surface area contributed by atoms with Crippen molar-refractivity contribution in [3.05, 3.63) is 35.1 Å². The van der Waals surface area contributed by atoms with Crippen LogP contribution >= 0.6 is 0 Å². The summed E-state index contributed by atoms with van der Waals surface area (Å²) in [6.45, 7) is 3.33. The fourth-order valence-corrected chi connectivity index (χ4v) is 1.79. The van der Waals surface area contributed by atoms with Gasteiger partial charge in [-0.25, -0.2) is 4.79 Å². The number of ether oxygens (including phenoxy) is 1. The van der Waals surface area contributed by atoms with Crippen LogP contribution in [0.4, 0.5) is 13.2 Å². The van der Waals surface area contributed by atoms with Gasteiger partial charge in [-0.3, -0.25) is 0 Å². The van der Waals surface area contributed by atoms with Gasteiger partial charge in [0.1, 0.15) is 5.58 Å². The Morgan fingerprint density at radius 1 is 1.37 bits per heavy atom. The van der Waals surface area contributed by atoms with Crippen molar-refractivity contribution < 1.29 is 27.1 Å². The molecule has 0 bridgehead atoms. The molecule has 102 valence electrons. The van der Waals surface area contributed by atoms with Crippen LogP contribution in [-0.2, 0) is 10.9 Å². The van der Waals surface area contributed by atoms with Crippen molar-refractivity contribution in [1.29, 1.82) is 0 Å². The second-order valence-corrected chi connectivity index (χ2v) is 3.99. The molecule has 0 amide bonds. The largest absolute Gasteiger partial charge is 0.460 e. The lowest BCUT2D eigenvalue weighted by atomic mass is 10.1. The van der Waals surface area contributed by atoms with E-state index in [0.717, 1.165) is 12.1 Å². The third-order valence-electron chi connectivity index (χ3n) is 2.72. The molecule has 6 heteroatoms. The van der Waals surface area contributed by atoms with Gasteiger partial charge in [-0.2, -0.15) is 13.2 Å². The number of furan rings is 1. The summed E-state index contributed by atoms with van der Waals surface area (Å²) in [5, 5.41) is 0.262. The van der Waals surface area contributed by atoms with Crippen LogP contribution in [-0.4, -0.2) is 12.6 Å². The Morgan fingerprint density at radius 3 is 2.63 bits per heavy atom. The van der Waals surface area contributed by atoms with Gasteiger partial charge in [0.15, 0.2) is 0 Å². The maximum atomic E-state index is 12.6. The Kier molecular flexibility index (Phi) is 3.26. The first-order valence-corrected chi connectivity index (χ1v) is 5.62. The van der Waals surface area contributed by atoms with Gasteiger partial charge in [0.25, 0.3) is 0 Å². The highest BCUT2D eigenvalue weighted by molar-refractivity contribution is 5.96. The van der Waals surface area contributed by atoms with E-state index in [4.69, 9.17) is 9.15 Å². The molecule has 3 nitrogen and oxygen atoms in total. The molecule has 1 aromatic heterocycles. The van der Waals surface area contributed by atoms with Crippen LogP contribution in [0.15, 0.2) is 22.6 Å². The van der Waals surface area contributed by atoms with Crippen LogP contribution in [0.25, 0.3) is 11.0 Å².